The van der Waals surface area contributed by atoms with E-state index in [1.54, 1.807) is 0 Å². The van der Waals surface area contributed by atoms with Gasteiger partial charge in [0.05, 0.1) is 0 Å². The summed E-state index contributed by atoms with van der Waals surface area (Å²) in [5, 5.41) is 9.98. The first-order valence-electron chi connectivity index (χ1n) is 5.20. The molecule has 0 rings (SSSR count). The molecule has 0 amide bonds. The Balaban J connectivity index is -0.000000122. The summed E-state index contributed by atoms with van der Waals surface area (Å²) in [7, 11) is -5.39. The van der Waals surface area contributed by atoms with Crippen molar-refractivity contribution in [2.45, 2.75) is 51.9 Å². The Morgan fingerprint density at radius 3 is 1.61 bits per heavy atom. The smallest absolute Gasteiger partial charge is 0.822 e. The fraction of sp³-hybridized carbons (Fsp3) is 0.889. The first-order valence-corrected chi connectivity index (χ1v) is 6.66. The van der Waals surface area contributed by atoms with Crippen molar-refractivity contribution in [2.24, 2.45) is 0 Å². The van der Waals surface area contributed by atoms with Crippen molar-refractivity contribution in [2.75, 3.05) is 0 Å². The number of aliphatic carboxylic acids is 1. The summed E-state index contributed by atoms with van der Waals surface area (Å²) in [6.07, 6.45) is 6.96. The van der Waals surface area contributed by atoms with Gasteiger partial charge in [-0.1, -0.05) is 39.0 Å². The summed E-state index contributed by atoms with van der Waals surface area (Å²) >= 11 is 0. The molecule has 0 atom stereocenters. The van der Waals surface area contributed by atoms with Crippen LogP contribution in [0.25, 0.3) is 0 Å². The van der Waals surface area contributed by atoms with Crippen molar-refractivity contribution >= 4 is 13.8 Å². The quantitative estimate of drug-likeness (QED) is 0.304. The average Bonchev–Trinajstić information content (AvgIpc) is 2.08. The number of phosphoric acid groups is 1. The molecule has 0 fully saturated rings. The number of carboxylic acid groups (broad SMARTS) is 1. The third-order valence-electron chi connectivity index (χ3n) is 1.73. The van der Waals surface area contributed by atoms with Crippen LogP contribution in [-0.2, 0) is 48.3 Å². The van der Waals surface area contributed by atoms with Gasteiger partial charge < -0.3 is 29.1 Å². The fourth-order valence-electron chi connectivity index (χ4n) is 1.05. The summed E-state index contributed by atoms with van der Waals surface area (Å²) < 4.78 is 8.55. The van der Waals surface area contributed by atoms with E-state index >= 15 is 0 Å². The first kappa shape index (κ1) is 27.2. The summed E-state index contributed by atoms with van der Waals surface area (Å²) in [5.74, 6) is -0.916. The van der Waals surface area contributed by atoms with Gasteiger partial charge in [0.15, 0.2) is 0 Å². The van der Waals surface area contributed by atoms with Gasteiger partial charge in [0.25, 0.3) is 0 Å². The van der Waals surface area contributed by atoms with E-state index in [0.717, 1.165) is 12.8 Å². The molecule has 0 radical (unpaired) electrons. The van der Waals surface area contributed by atoms with E-state index in [9.17, 15) is 9.90 Å². The predicted octanol–water partition coefficient (Wildman–Crippen LogP) is -1.34. The van der Waals surface area contributed by atoms with Gasteiger partial charge in [0.1, 0.15) is 0 Å². The first-order chi connectivity index (χ1) is 7.27. The Morgan fingerprint density at radius 2 is 1.28 bits per heavy atom. The minimum absolute atomic E-state index is 0. The van der Waals surface area contributed by atoms with Gasteiger partial charge >= 0.3 is 39.0 Å². The third-order valence-corrected chi connectivity index (χ3v) is 1.73. The number of hydrogen-bond donors (Lipinski definition) is 0. The molecule has 0 unspecified atom stereocenters. The van der Waals surface area contributed by atoms with Gasteiger partial charge in [-0.15, -0.1) is 0 Å². The predicted molar refractivity (Wildman–Crippen MR) is 50.6 cm³/mol. The summed E-state index contributed by atoms with van der Waals surface area (Å²) in [4.78, 5) is 35.6. The van der Waals surface area contributed by atoms with Gasteiger partial charge in [-0.3, -0.25) is 0 Å². The zero-order chi connectivity index (χ0) is 13.0. The van der Waals surface area contributed by atoms with E-state index in [1.165, 1.54) is 25.7 Å². The summed E-state index contributed by atoms with van der Waals surface area (Å²) in [6.45, 7) is 2.17. The molecule has 9 heteroatoms. The molecule has 0 aromatic rings. The Hall–Kier alpha value is 0.827. The zero-order valence-electron chi connectivity index (χ0n) is 10.8. The Kier molecular flexibility index (Phi) is 27.0. The van der Waals surface area contributed by atoms with E-state index in [-0.39, 0.29) is 45.4 Å². The van der Waals surface area contributed by atoms with Gasteiger partial charge in [-0.05, 0) is 12.8 Å². The van der Waals surface area contributed by atoms with Crippen molar-refractivity contribution in [3.63, 3.8) is 0 Å². The SMILES string of the molecule is CCCCCCCCC(=O)[O-].O=P([O-])([O-])[O-].[Zn+2].[Zn+2]. The number of carboxylic acids is 1. The number of rotatable bonds is 7. The minimum Gasteiger partial charge on any atom is -0.822 e. The largest absolute Gasteiger partial charge is 2.00 e. The van der Waals surface area contributed by atoms with E-state index in [1.807, 2.05) is 0 Å². The Labute approximate surface area is 133 Å². The molecule has 0 bridgehead atoms. The molecule has 0 aromatic carbocycles. The van der Waals surface area contributed by atoms with Crippen molar-refractivity contribution in [3.8, 4) is 0 Å². The number of hydrogen-bond acceptors (Lipinski definition) is 6. The molecular weight excluding hydrogens is 366 g/mol. The van der Waals surface area contributed by atoms with E-state index in [2.05, 4.69) is 6.92 Å². The van der Waals surface area contributed by atoms with E-state index in [4.69, 9.17) is 19.2 Å². The van der Waals surface area contributed by atoms with Crippen LogP contribution < -0.4 is 19.8 Å². The molecular formula is C9H17O6PZn2. The maximum Gasteiger partial charge on any atom is 2.00 e. The number of carbonyl (C=O) groups is 1. The molecule has 0 aromatic heterocycles. The van der Waals surface area contributed by atoms with Gasteiger partial charge in [0, 0.05) is 5.97 Å². The molecule has 18 heavy (non-hydrogen) atoms. The fourth-order valence-corrected chi connectivity index (χ4v) is 1.05. The van der Waals surface area contributed by atoms with Crippen LogP contribution in [0.3, 0.4) is 0 Å². The van der Waals surface area contributed by atoms with Gasteiger partial charge in [-0.25, -0.2) is 0 Å². The Morgan fingerprint density at radius 1 is 0.944 bits per heavy atom. The molecule has 0 aliphatic carbocycles. The molecule has 0 saturated carbocycles. The van der Waals surface area contributed by atoms with E-state index < -0.39 is 13.8 Å². The molecule has 0 aliphatic heterocycles. The van der Waals surface area contributed by atoms with Crippen LogP contribution in [0.15, 0.2) is 0 Å². The van der Waals surface area contributed by atoms with E-state index in [0.29, 0.717) is 0 Å². The van der Waals surface area contributed by atoms with Crippen LogP contribution in [0.1, 0.15) is 51.9 Å². The monoisotopic (exact) mass is 380 g/mol. The third kappa shape index (κ3) is 54.1. The normalized spacial score (nSPS) is 9.33. The van der Waals surface area contributed by atoms with Crippen LogP contribution in [0.5, 0.6) is 0 Å². The number of carbonyl (C=O) groups excluding carboxylic acids is 1. The minimum atomic E-state index is -5.39. The van der Waals surface area contributed by atoms with Crippen LogP contribution in [0.4, 0.5) is 0 Å². The molecule has 6 nitrogen and oxygen atoms in total. The second-order valence-electron chi connectivity index (χ2n) is 3.34. The summed E-state index contributed by atoms with van der Waals surface area (Å²) in [5.41, 5.74) is 0. The molecule has 0 spiro atoms. The van der Waals surface area contributed by atoms with Crippen LogP contribution >= 0.6 is 7.82 Å². The molecule has 0 saturated heterocycles. The molecule has 0 N–H and O–H groups in total. The second kappa shape index (κ2) is 17.8. The van der Waals surface area contributed by atoms with Crippen molar-refractivity contribution in [1.82, 2.24) is 0 Å². The Bertz CT molecular complexity index is 213. The molecule has 0 heterocycles. The van der Waals surface area contributed by atoms with Crippen LogP contribution in [-0.4, -0.2) is 5.97 Å². The topological polar surface area (TPSA) is 126 Å². The zero-order valence-corrected chi connectivity index (χ0v) is 17.6. The molecule has 0 aliphatic rings. The van der Waals surface area contributed by atoms with Crippen molar-refractivity contribution in [1.29, 1.82) is 0 Å². The maximum atomic E-state index is 9.98. The average molecular weight is 383 g/mol. The second-order valence-corrected chi connectivity index (χ2v) is 4.23. The standard InChI is InChI=1S/C9H18O2.H3O4P.2Zn/c1-2-3-4-5-6-7-8-9(10)11;1-5(2,3)4;;/h2-8H2,1H3,(H,10,11);(H3,1,2,3,4);;/q;;2*+2/p-4. The van der Waals surface area contributed by atoms with Crippen LogP contribution in [0, 0.1) is 0 Å². The van der Waals surface area contributed by atoms with Crippen LogP contribution in [0.2, 0.25) is 0 Å². The van der Waals surface area contributed by atoms with Gasteiger partial charge in [-0.2, -0.15) is 7.82 Å². The van der Waals surface area contributed by atoms with Crippen molar-refractivity contribution in [3.05, 3.63) is 0 Å². The maximum absolute atomic E-state index is 9.98. The number of unbranched alkanes of at least 4 members (excludes halogenated alkanes) is 5. The summed E-state index contributed by atoms with van der Waals surface area (Å²) in [6, 6.07) is 0. The van der Waals surface area contributed by atoms with Gasteiger partial charge in [0.2, 0.25) is 0 Å². The van der Waals surface area contributed by atoms with Crippen molar-refractivity contribution < 1.29 is 68.1 Å². The molecule has 98 valence electrons.